The van der Waals surface area contributed by atoms with Crippen LogP contribution in [0.1, 0.15) is 37.8 Å². The second kappa shape index (κ2) is 7.48. The van der Waals surface area contributed by atoms with Gasteiger partial charge in [0.2, 0.25) is 0 Å². The first-order chi connectivity index (χ1) is 9.63. The highest BCUT2D eigenvalue weighted by atomic mass is 79.9. The van der Waals surface area contributed by atoms with Crippen molar-refractivity contribution in [2.45, 2.75) is 32.2 Å². The zero-order valence-electron chi connectivity index (χ0n) is 11.6. The lowest BCUT2D eigenvalue weighted by molar-refractivity contribution is 0.0531. The van der Waals surface area contributed by atoms with Gasteiger partial charge in [0.25, 0.3) is 0 Å². The van der Waals surface area contributed by atoms with E-state index in [1.54, 1.807) is 0 Å². The fraction of sp³-hybridized carbons (Fsp3) is 0.600. The molecule has 5 heteroatoms. The molecule has 1 fully saturated rings. The van der Waals surface area contributed by atoms with Crippen molar-refractivity contribution >= 4 is 15.9 Å². The molecule has 1 atom stereocenters. The Kier molecular flexibility index (Phi) is 5.93. The van der Waals surface area contributed by atoms with E-state index in [-0.39, 0.29) is 22.2 Å². The molecule has 1 aromatic rings. The van der Waals surface area contributed by atoms with Crippen molar-refractivity contribution in [1.82, 2.24) is 5.32 Å². The maximum Gasteiger partial charge on any atom is 0.137 e. The third kappa shape index (κ3) is 3.77. The molecule has 0 amide bonds. The SMILES string of the molecule is CCCNC(c1cc(F)c(Br)cc1F)C1CCOCC1. The first-order valence-corrected chi connectivity index (χ1v) is 7.88. The largest absolute Gasteiger partial charge is 0.381 e. The third-order valence-corrected chi connectivity index (χ3v) is 4.33. The summed E-state index contributed by atoms with van der Waals surface area (Å²) in [6, 6.07) is 2.37. The van der Waals surface area contributed by atoms with Crippen molar-refractivity contribution in [3.8, 4) is 0 Å². The number of halogens is 3. The van der Waals surface area contributed by atoms with E-state index in [0.717, 1.165) is 25.8 Å². The highest BCUT2D eigenvalue weighted by Crippen LogP contribution is 2.33. The van der Waals surface area contributed by atoms with Gasteiger partial charge in [-0.2, -0.15) is 0 Å². The van der Waals surface area contributed by atoms with Gasteiger partial charge in [0.1, 0.15) is 11.6 Å². The van der Waals surface area contributed by atoms with Crippen LogP contribution in [0.5, 0.6) is 0 Å². The van der Waals surface area contributed by atoms with Crippen molar-refractivity contribution < 1.29 is 13.5 Å². The summed E-state index contributed by atoms with van der Waals surface area (Å²) in [6.45, 7) is 4.23. The molecule has 112 valence electrons. The minimum Gasteiger partial charge on any atom is -0.381 e. The molecule has 2 rings (SSSR count). The lowest BCUT2D eigenvalue weighted by Gasteiger charge is -2.31. The van der Waals surface area contributed by atoms with E-state index in [4.69, 9.17) is 4.74 Å². The molecule has 0 aromatic heterocycles. The smallest absolute Gasteiger partial charge is 0.137 e. The summed E-state index contributed by atoms with van der Waals surface area (Å²) in [5, 5.41) is 3.37. The molecule has 1 aromatic carbocycles. The van der Waals surface area contributed by atoms with Crippen molar-refractivity contribution in [1.29, 1.82) is 0 Å². The molecule has 1 aliphatic heterocycles. The second-order valence-electron chi connectivity index (χ2n) is 5.17. The Bertz CT molecular complexity index is 450. The van der Waals surface area contributed by atoms with E-state index in [9.17, 15) is 8.78 Å². The molecule has 1 N–H and O–H groups in total. The molecule has 1 saturated heterocycles. The Morgan fingerprint density at radius 1 is 1.30 bits per heavy atom. The summed E-state index contributed by atoms with van der Waals surface area (Å²) in [5.74, 6) is -0.500. The van der Waals surface area contributed by atoms with E-state index in [2.05, 4.69) is 28.2 Å². The maximum atomic E-state index is 14.2. The first-order valence-electron chi connectivity index (χ1n) is 7.09. The number of hydrogen-bond donors (Lipinski definition) is 1. The van der Waals surface area contributed by atoms with Crippen molar-refractivity contribution in [2.24, 2.45) is 5.92 Å². The summed E-state index contributed by atoms with van der Waals surface area (Å²) in [7, 11) is 0. The highest BCUT2D eigenvalue weighted by Gasteiger charge is 2.27. The number of hydrogen-bond acceptors (Lipinski definition) is 2. The molecule has 0 saturated carbocycles. The van der Waals surface area contributed by atoms with E-state index in [1.807, 2.05) is 0 Å². The van der Waals surface area contributed by atoms with Crippen LogP contribution in [0, 0.1) is 17.6 Å². The predicted molar refractivity (Wildman–Crippen MR) is 78.6 cm³/mol. The van der Waals surface area contributed by atoms with Gasteiger partial charge in [-0.15, -0.1) is 0 Å². The fourth-order valence-corrected chi connectivity index (χ4v) is 2.97. The molecule has 1 heterocycles. The van der Waals surface area contributed by atoms with Gasteiger partial charge in [-0.05, 0) is 59.8 Å². The van der Waals surface area contributed by atoms with Gasteiger partial charge in [-0.25, -0.2) is 8.78 Å². The van der Waals surface area contributed by atoms with Crippen LogP contribution in [0.3, 0.4) is 0 Å². The molecule has 0 aliphatic carbocycles. The van der Waals surface area contributed by atoms with Gasteiger partial charge >= 0.3 is 0 Å². The fourth-order valence-electron chi connectivity index (χ4n) is 2.66. The summed E-state index contributed by atoms with van der Waals surface area (Å²) in [6.07, 6.45) is 2.71. The normalized spacial score (nSPS) is 18.2. The monoisotopic (exact) mass is 347 g/mol. The number of ether oxygens (including phenoxy) is 1. The van der Waals surface area contributed by atoms with E-state index in [0.29, 0.717) is 18.8 Å². The lowest BCUT2D eigenvalue weighted by Crippen LogP contribution is -2.33. The van der Waals surface area contributed by atoms with Crippen LogP contribution in [0.15, 0.2) is 16.6 Å². The van der Waals surface area contributed by atoms with Crippen LogP contribution in [0.2, 0.25) is 0 Å². The van der Waals surface area contributed by atoms with Crippen LogP contribution in [-0.4, -0.2) is 19.8 Å². The van der Waals surface area contributed by atoms with Crippen LogP contribution >= 0.6 is 15.9 Å². The summed E-state index contributed by atoms with van der Waals surface area (Å²) in [4.78, 5) is 0. The molecule has 0 bridgehead atoms. The Morgan fingerprint density at radius 2 is 2.00 bits per heavy atom. The molecule has 0 radical (unpaired) electrons. The van der Waals surface area contributed by atoms with Crippen molar-refractivity contribution in [3.63, 3.8) is 0 Å². The standard InChI is InChI=1S/C15H20BrF2NO/c1-2-5-19-15(10-3-6-20-7-4-10)11-8-14(18)12(16)9-13(11)17/h8-10,15,19H,2-7H2,1H3. The van der Waals surface area contributed by atoms with Gasteiger partial charge in [0.05, 0.1) is 4.47 Å². The van der Waals surface area contributed by atoms with Crippen LogP contribution < -0.4 is 5.32 Å². The van der Waals surface area contributed by atoms with E-state index >= 15 is 0 Å². The molecular formula is C15H20BrF2NO. The zero-order chi connectivity index (χ0) is 14.5. The molecule has 2 nitrogen and oxygen atoms in total. The predicted octanol–water partition coefficient (Wildman–Crippen LogP) is 4.19. The number of benzene rings is 1. The summed E-state index contributed by atoms with van der Waals surface area (Å²) in [5.41, 5.74) is 0.422. The van der Waals surface area contributed by atoms with Gasteiger partial charge in [-0.1, -0.05) is 6.92 Å². The van der Waals surface area contributed by atoms with Crippen molar-refractivity contribution in [3.05, 3.63) is 33.8 Å². The van der Waals surface area contributed by atoms with Gasteiger partial charge in [0, 0.05) is 24.8 Å². The van der Waals surface area contributed by atoms with E-state index < -0.39 is 5.82 Å². The Labute approximate surface area is 127 Å². The summed E-state index contributed by atoms with van der Waals surface area (Å²) < 4.78 is 33.5. The minimum absolute atomic E-state index is 0.151. The minimum atomic E-state index is -0.420. The summed E-state index contributed by atoms with van der Waals surface area (Å²) >= 11 is 3.02. The van der Waals surface area contributed by atoms with Crippen LogP contribution in [-0.2, 0) is 4.74 Å². The Morgan fingerprint density at radius 3 is 2.65 bits per heavy atom. The van der Waals surface area contributed by atoms with E-state index in [1.165, 1.54) is 12.1 Å². The first kappa shape index (κ1) is 15.9. The third-order valence-electron chi connectivity index (χ3n) is 3.73. The van der Waals surface area contributed by atoms with Gasteiger partial charge < -0.3 is 10.1 Å². The Balaban J connectivity index is 2.27. The van der Waals surface area contributed by atoms with Crippen LogP contribution in [0.25, 0.3) is 0 Å². The molecule has 1 unspecified atom stereocenters. The highest BCUT2D eigenvalue weighted by molar-refractivity contribution is 9.10. The number of nitrogens with one attached hydrogen (secondary N) is 1. The van der Waals surface area contributed by atoms with Crippen molar-refractivity contribution in [2.75, 3.05) is 19.8 Å². The molecule has 20 heavy (non-hydrogen) atoms. The average molecular weight is 348 g/mol. The van der Waals surface area contributed by atoms with Crippen LogP contribution in [0.4, 0.5) is 8.78 Å². The number of rotatable bonds is 5. The maximum absolute atomic E-state index is 14.2. The lowest BCUT2D eigenvalue weighted by atomic mass is 9.86. The van der Waals surface area contributed by atoms with Gasteiger partial charge in [0.15, 0.2) is 0 Å². The molecule has 1 aliphatic rings. The average Bonchev–Trinajstić information content (AvgIpc) is 2.45. The zero-order valence-corrected chi connectivity index (χ0v) is 13.2. The topological polar surface area (TPSA) is 21.3 Å². The second-order valence-corrected chi connectivity index (χ2v) is 6.02. The quantitative estimate of drug-likeness (QED) is 0.806. The molecule has 0 spiro atoms. The van der Waals surface area contributed by atoms with Gasteiger partial charge in [-0.3, -0.25) is 0 Å². The Hall–Kier alpha value is -0.520. The molecular weight excluding hydrogens is 328 g/mol.